The Labute approximate surface area is 128 Å². The minimum absolute atomic E-state index is 0.333. The van der Waals surface area contributed by atoms with Gasteiger partial charge in [-0.15, -0.1) is 0 Å². The van der Waals surface area contributed by atoms with Crippen LogP contribution in [0, 0.1) is 0 Å². The lowest BCUT2D eigenvalue weighted by molar-refractivity contribution is 0.0954. The van der Waals surface area contributed by atoms with Crippen molar-refractivity contribution in [3.05, 3.63) is 41.7 Å². The van der Waals surface area contributed by atoms with Crippen LogP contribution in [0.5, 0.6) is 11.5 Å². The van der Waals surface area contributed by atoms with E-state index in [9.17, 15) is 4.79 Å². The molecular formula is C15H18N4O3. The fourth-order valence-electron chi connectivity index (χ4n) is 1.83. The van der Waals surface area contributed by atoms with Gasteiger partial charge in [-0.25, -0.2) is 5.43 Å². The Kier molecular flexibility index (Phi) is 5.13. The number of hydrogen-bond acceptors (Lipinski definition) is 5. The van der Waals surface area contributed by atoms with Gasteiger partial charge in [0.1, 0.15) is 0 Å². The lowest BCUT2D eigenvalue weighted by atomic mass is 10.2. The zero-order valence-corrected chi connectivity index (χ0v) is 12.7. The summed E-state index contributed by atoms with van der Waals surface area (Å²) in [6.45, 7) is 2.78. The summed E-state index contributed by atoms with van der Waals surface area (Å²) in [7, 11) is 3.06. The van der Waals surface area contributed by atoms with Crippen molar-refractivity contribution in [2.45, 2.75) is 13.5 Å². The monoisotopic (exact) mass is 302 g/mol. The predicted octanol–water partition coefficient (Wildman–Crippen LogP) is 1.68. The zero-order valence-electron chi connectivity index (χ0n) is 12.7. The van der Waals surface area contributed by atoms with E-state index >= 15 is 0 Å². The van der Waals surface area contributed by atoms with Gasteiger partial charge < -0.3 is 9.47 Å². The summed E-state index contributed by atoms with van der Waals surface area (Å²) in [5, 5.41) is 8.03. The largest absolute Gasteiger partial charge is 0.493 e. The molecule has 0 aliphatic heterocycles. The third-order valence-corrected chi connectivity index (χ3v) is 3.00. The number of carbonyl (C=O) groups is 1. The van der Waals surface area contributed by atoms with Crippen LogP contribution in [0.25, 0.3) is 0 Å². The van der Waals surface area contributed by atoms with Crippen LogP contribution in [0.15, 0.2) is 35.7 Å². The average Bonchev–Trinajstić information content (AvgIpc) is 3.02. The molecule has 0 saturated carbocycles. The Balaban J connectivity index is 2.02. The molecular weight excluding hydrogens is 284 g/mol. The number of aryl methyl sites for hydroxylation is 1. The smallest absolute Gasteiger partial charge is 0.271 e. The van der Waals surface area contributed by atoms with Gasteiger partial charge in [0.25, 0.3) is 5.91 Å². The Hall–Kier alpha value is -2.83. The molecule has 0 aliphatic rings. The first-order valence-electron chi connectivity index (χ1n) is 6.75. The molecule has 0 spiro atoms. The van der Waals surface area contributed by atoms with E-state index in [1.54, 1.807) is 36.2 Å². The van der Waals surface area contributed by atoms with E-state index in [4.69, 9.17) is 9.47 Å². The van der Waals surface area contributed by atoms with Gasteiger partial charge in [0.15, 0.2) is 11.5 Å². The maximum Gasteiger partial charge on any atom is 0.271 e. The number of rotatable bonds is 6. The topological polar surface area (TPSA) is 77.7 Å². The van der Waals surface area contributed by atoms with E-state index < -0.39 is 0 Å². The van der Waals surface area contributed by atoms with Gasteiger partial charge in [-0.05, 0) is 25.1 Å². The molecule has 1 amide bonds. The van der Waals surface area contributed by atoms with Crippen molar-refractivity contribution < 1.29 is 14.3 Å². The number of amides is 1. The van der Waals surface area contributed by atoms with E-state index in [1.807, 2.05) is 13.1 Å². The molecule has 0 radical (unpaired) electrons. The number of carbonyl (C=O) groups excluding carboxylic acids is 1. The molecule has 0 fully saturated rings. The van der Waals surface area contributed by atoms with Crippen molar-refractivity contribution in [2.24, 2.45) is 5.10 Å². The molecule has 0 atom stereocenters. The number of ether oxygens (including phenoxy) is 2. The standard InChI is InChI=1S/C15H18N4O3/c1-4-19-10-11(9-17-19)8-16-18-15(20)12-5-6-13(21-2)14(7-12)22-3/h5-10H,4H2,1-3H3,(H,18,20)/b16-8+. The second kappa shape index (κ2) is 7.26. The fourth-order valence-corrected chi connectivity index (χ4v) is 1.83. The summed E-state index contributed by atoms with van der Waals surface area (Å²) in [5.74, 6) is 0.720. The first kappa shape index (κ1) is 15.6. The van der Waals surface area contributed by atoms with E-state index in [-0.39, 0.29) is 5.91 Å². The van der Waals surface area contributed by atoms with E-state index in [2.05, 4.69) is 15.6 Å². The molecule has 0 saturated heterocycles. The number of nitrogens with zero attached hydrogens (tertiary/aromatic N) is 3. The number of benzene rings is 1. The van der Waals surface area contributed by atoms with Crippen molar-refractivity contribution in [1.82, 2.24) is 15.2 Å². The molecule has 1 aromatic carbocycles. The summed E-state index contributed by atoms with van der Waals surface area (Å²) in [4.78, 5) is 12.0. The molecule has 0 aliphatic carbocycles. The van der Waals surface area contributed by atoms with Crippen LogP contribution in [0.3, 0.4) is 0 Å². The lowest BCUT2D eigenvalue weighted by Gasteiger charge is -2.08. The Bertz CT molecular complexity index is 679. The molecule has 0 bridgehead atoms. The molecule has 1 aromatic heterocycles. The van der Waals surface area contributed by atoms with E-state index in [0.29, 0.717) is 17.1 Å². The third kappa shape index (κ3) is 3.63. The maximum atomic E-state index is 12.0. The summed E-state index contributed by atoms with van der Waals surface area (Å²) >= 11 is 0. The van der Waals surface area contributed by atoms with Crippen LogP contribution in [0.4, 0.5) is 0 Å². The number of aromatic nitrogens is 2. The van der Waals surface area contributed by atoms with Crippen molar-refractivity contribution in [3.63, 3.8) is 0 Å². The molecule has 2 aromatic rings. The quantitative estimate of drug-likeness (QED) is 0.650. The third-order valence-electron chi connectivity index (χ3n) is 3.00. The maximum absolute atomic E-state index is 12.0. The second-order valence-electron chi connectivity index (χ2n) is 4.40. The molecule has 2 rings (SSSR count). The van der Waals surface area contributed by atoms with Gasteiger partial charge >= 0.3 is 0 Å². The number of nitrogens with one attached hydrogen (secondary N) is 1. The van der Waals surface area contributed by atoms with Crippen LogP contribution in [-0.2, 0) is 6.54 Å². The molecule has 22 heavy (non-hydrogen) atoms. The summed E-state index contributed by atoms with van der Waals surface area (Å²) in [6, 6.07) is 4.91. The summed E-state index contributed by atoms with van der Waals surface area (Å²) in [6.07, 6.45) is 5.06. The van der Waals surface area contributed by atoms with Gasteiger partial charge in [-0.3, -0.25) is 9.48 Å². The molecule has 0 unspecified atom stereocenters. The zero-order chi connectivity index (χ0) is 15.9. The van der Waals surface area contributed by atoms with Crippen molar-refractivity contribution in [1.29, 1.82) is 0 Å². The highest BCUT2D eigenvalue weighted by Gasteiger charge is 2.09. The Morgan fingerprint density at radius 1 is 1.36 bits per heavy atom. The predicted molar refractivity (Wildman–Crippen MR) is 82.5 cm³/mol. The van der Waals surface area contributed by atoms with Crippen LogP contribution in [0.2, 0.25) is 0 Å². The molecule has 1 heterocycles. The van der Waals surface area contributed by atoms with E-state index in [1.165, 1.54) is 13.3 Å². The highest BCUT2D eigenvalue weighted by molar-refractivity contribution is 5.95. The van der Waals surface area contributed by atoms with Crippen LogP contribution >= 0.6 is 0 Å². The molecule has 1 N–H and O–H groups in total. The van der Waals surface area contributed by atoms with Gasteiger partial charge in [-0.1, -0.05) is 0 Å². The Morgan fingerprint density at radius 3 is 2.77 bits per heavy atom. The SMILES string of the molecule is CCn1cc(/C=N/NC(=O)c2ccc(OC)c(OC)c2)cn1. The van der Waals surface area contributed by atoms with Crippen LogP contribution < -0.4 is 14.9 Å². The molecule has 7 heteroatoms. The second-order valence-corrected chi connectivity index (χ2v) is 4.40. The molecule has 116 valence electrons. The van der Waals surface area contributed by atoms with Gasteiger partial charge in [0.2, 0.25) is 0 Å². The lowest BCUT2D eigenvalue weighted by Crippen LogP contribution is -2.17. The first-order chi connectivity index (χ1) is 10.7. The highest BCUT2D eigenvalue weighted by Crippen LogP contribution is 2.27. The van der Waals surface area contributed by atoms with Crippen molar-refractivity contribution in [2.75, 3.05) is 14.2 Å². The van der Waals surface area contributed by atoms with Crippen LogP contribution in [0.1, 0.15) is 22.8 Å². The minimum atomic E-state index is -0.333. The number of methoxy groups -OCH3 is 2. The van der Waals surface area contributed by atoms with Gasteiger partial charge in [0, 0.05) is 23.9 Å². The first-order valence-corrected chi connectivity index (χ1v) is 6.75. The highest BCUT2D eigenvalue weighted by atomic mass is 16.5. The van der Waals surface area contributed by atoms with Gasteiger partial charge in [0.05, 0.1) is 26.6 Å². The van der Waals surface area contributed by atoms with E-state index in [0.717, 1.165) is 12.1 Å². The summed E-state index contributed by atoms with van der Waals surface area (Å²) in [5.41, 5.74) is 3.70. The fraction of sp³-hybridized carbons (Fsp3) is 0.267. The van der Waals surface area contributed by atoms with Gasteiger partial charge in [-0.2, -0.15) is 10.2 Å². The van der Waals surface area contributed by atoms with Crippen molar-refractivity contribution >= 4 is 12.1 Å². The van der Waals surface area contributed by atoms with Crippen molar-refractivity contribution in [3.8, 4) is 11.5 Å². The number of hydrazone groups is 1. The molecule has 7 nitrogen and oxygen atoms in total. The average molecular weight is 302 g/mol. The van der Waals surface area contributed by atoms with Crippen LogP contribution in [-0.4, -0.2) is 36.1 Å². The normalized spacial score (nSPS) is 10.7. The summed E-state index contributed by atoms with van der Waals surface area (Å²) < 4.78 is 12.1. The minimum Gasteiger partial charge on any atom is -0.493 e. The Morgan fingerprint density at radius 2 is 2.14 bits per heavy atom. The number of hydrogen-bond donors (Lipinski definition) is 1.